The van der Waals surface area contributed by atoms with E-state index in [0.717, 1.165) is 5.56 Å². The Morgan fingerprint density at radius 1 is 1.24 bits per heavy atom. The minimum atomic E-state index is -3.87. The van der Waals surface area contributed by atoms with E-state index in [2.05, 4.69) is 14.8 Å². The largest absolute Gasteiger partial charge is 0.361 e. The number of aromatic nitrogens is 2. The van der Waals surface area contributed by atoms with Crippen molar-refractivity contribution in [3.8, 4) is 0 Å². The molecule has 4 rings (SSSR count). The molecule has 0 atom stereocenters. The summed E-state index contributed by atoms with van der Waals surface area (Å²) in [7, 11) is -3.87. The van der Waals surface area contributed by atoms with Gasteiger partial charge in [-0.05, 0) is 30.7 Å². The van der Waals surface area contributed by atoms with Crippen LogP contribution < -0.4 is 9.86 Å². The number of benzene rings is 1. The fraction of sp³-hybridized carbons (Fsp3) is 0.118. The third-order valence-corrected chi connectivity index (χ3v) is 6.13. The van der Waals surface area contributed by atoms with Crippen LogP contribution in [0.4, 0.5) is 11.5 Å². The Morgan fingerprint density at radius 3 is 2.88 bits per heavy atom. The molecule has 0 bridgehead atoms. The van der Waals surface area contributed by atoms with Crippen LogP contribution >= 0.6 is 0 Å². The summed E-state index contributed by atoms with van der Waals surface area (Å²) in [4.78, 5) is 21.8. The first-order valence-electron chi connectivity index (χ1n) is 7.52. The van der Waals surface area contributed by atoms with E-state index in [1.807, 2.05) is 0 Å². The molecule has 1 N–H and O–H groups in total. The Morgan fingerprint density at radius 2 is 2.08 bits per heavy atom. The molecule has 0 amide bonds. The van der Waals surface area contributed by atoms with E-state index >= 15 is 0 Å². The van der Waals surface area contributed by atoms with Crippen LogP contribution in [0, 0.1) is 6.57 Å². The summed E-state index contributed by atoms with van der Waals surface area (Å²) >= 11 is 0. The van der Waals surface area contributed by atoms with Crippen LogP contribution in [0.1, 0.15) is 5.56 Å². The van der Waals surface area contributed by atoms with Gasteiger partial charge in [0.1, 0.15) is 6.20 Å². The molecule has 0 fully saturated rings. The third kappa shape index (κ3) is 2.28. The van der Waals surface area contributed by atoms with E-state index in [1.165, 1.54) is 22.6 Å². The standard InChI is InChI=1S/C17H12N4O3S/c1-18-16-9-14-11(10-20-16)6-8-21(14)25(23,24)15-4-2-3-13-12(15)5-7-19-17(13)22/h2-5,7,9-10H,6,8H2,(H,19,22). The lowest BCUT2D eigenvalue weighted by Crippen LogP contribution is -2.29. The van der Waals surface area contributed by atoms with Crippen molar-refractivity contribution in [1.29, 1.82) is 0 Å². The molecule has 8 heteroatoms. The second-order valence-corrected chi connectivity index (χ2v) is 7.47. The van der Waals surface area contributed by atoms with Crippen LogP contribution in [0.25, 0.3) is 15.6 Å². The fourth-order valence-electron chi connectivity index (χ4n) is 3.08. The van der Waals surface area contributed by atoms with Gasteiger partial charge in [0, 0.05) is 29.1 Å². The molecule has 3 aromatic rings. The minimum Gasteiger partial charge on any atom is -0.361 e. The Bertz CT molecular complexity index is 1210. The second-order valence-electron chi connectivity index (χ2n) is 5.63. The average Bonchev–Trinajstić information content (AvgIpc) is 3.05. The Kier molecular flexibility index (Phi) is 3.33. The summed E-state index contributed by atoms with van der Waals surface area (Å²) in [6.07, 6.45) is 3.51. The van der Waals surface area contributed by atoms with E-state index in [1.54, 1.807) is 24.4 Å². The van der Waals surface area contributed by atoms with Crippen LogP contribution in [0.3, 0.4) is 0 Å². The molecule has 0 saturated heterocycles. The van der Waals surface area contributed by atoms with Gasteiger partial charge in [0.2, 0.25) is 0 Å². The van der Waals surface area contributed by atoms with E-state index < -0.39 is 10.0 Å². The second kappa shape index (κ2) is 5.43. The molecule has 25 heavy (non-hydrogen) atoms. The monoisotopic (exact) mass is 352 g/mol. The number of H-pyrrole nitrogens is 1. The topological polar surface area (TPSA) is 87.5 Å². The molecule has 0 unspecified atom stereocenters. The van der Waals surface area contributed by atoms with Gasteiger partial charge in [-0.3, -0.25) is 9.10 Å². The molecule has 0 aliphatic carbocycles. The molecule has 1 aliphatic heterocycles. The fourth-order valence-corrected chi connectivity index (χ4v) is 4.78. The number of sulfonamides is 1. The lowest BCUT2D eigenvalue weighted by atomic mass is 10.2. The SMILES string of the molecule is [C-]#[N+]c1cc2c(cn1)CCN2S(=O)(=O)c1cccc2c(=O)[nH]ccc12. The van der Waals surface area contributed by atoms with Crippen LogP contribution in [0.2, 0.25) is 0 Å². The number of nitrogens with zero attached hydrogens (tertiary/aromatic N) is 3. The number of pyridine rings is 2. The first-order valence-corrected chi connectivity index (χ1v) is 8.96. The number of rotatable bonds is 2. The number of hydrogen-bond acceptors (Lipinski definition) is 4. The van der Waals surface area contributed by atoms with Crippen LogP contribution in [-0.4, -0.2) is 24.9 Å². The van der Waals surface area contributed by atoms with E-state index in [0.29, 0.717) is 22.9 Å². The summed E-state index contributed by atoms with van der Waals surface area (Å²) in [5, 5.41) is 0.693. The highest BCUT2D eigenvalue weighted by Gasteiger charge is 2.33. The molecule has 0 radical (unpaired) electrons. The first kappa shape index (κ1) is 15.4. The summed E-state index contributed by atoms with van der Waals surface area (Å²) < 4.78 is 27.8. The Labute approximate surface area is 143 Å². The highest BCUT2D eigenvalue weighted by molar-refractivity contribution is 7.93. The molecular formula is C17H12N4O3S. The van der Waals surface area contributed by atoms with Crippen molar-refractivity contribution in [2.75, 3.05) is 10.8 Å². The lowest BCUT2D eigenvalue weighted by Gasteiger charge is -2.20. The number of anilines is 1. The van der Waals surface area contributed by atoms with Crippen molar-refractivity contribution in [2.24, 2.45) is 0 Å². The zero-order valence-electron chi connectivity index (χ0n) is 12.9. The Hall–Kier alpha value is -3.18. The zero-order chi connectivity index (χ0) is 17.6. The molecule has 1 aliphatic rings. The molecule has 1 aromatic carbocycles. The average molecular weight is 352 g/mol. The predicted molar refractivity (Wildman–Crippen MR) is 93.3 cm³/mol. The Balaban J connectivity index is 1.93. The third-order valence-electron chi connectivity index (χ3n) is 4.26. The van der Waals surface area contributed by atoms with Gasteiger partial charge < -0.3 is 9.83 Å². The van der Waals surface area contributed by atoms with Gasteiger partial charge in [0.25, 0.3) is 21.4 Å². The van der Waals surface area contributed by atoms with Crippen molar-refractivity contribution in [2.45, 2.75) is 11.3 Å². The maximum atomic E-state index is 13.2. The normalized spacial score (nSPS) is 13.6. The molecule has 7 nitrogen and oxygen atoms in total. The van der Waals surface area contributed by atoms with Crippen molar-refractivity contribution in [3.05, 3.63) is 70.1 Å². The highest BCUT2D eigenvalue weighted by atomic mass is 32.2. The van der Waals surface area contributed by atoms with Crippen molar-refractivity contribution in [1.82, 2.24) is 9.97 Å². The van der Waals surface area contributed by atoms with Gasteiger partial charge >= 0.3 is 0 Å². The molecule has 0 spiro atoms. The molecule has 2 aromatic heterocycles. The number of nitrogens with one attached hydrogen (secondary N) is 1. The van der Waals surface area contributed by atoms with E-state index in [-0.39, 0.29) is 22.8 Å². The van der Waals surface area contributed by atoms with Crippen molar-refractivity contribution < 1.29 is 8.42 Å². The summed E-state index contributed by atoms with van der Waals surface area (Å²) in [6, 6.07) is 7.71. The van der Waals surface area contributed by atoms with Gasteiger partial charge in [-0.15, -0.1) is 4.98 Å². The van der Waals surface area contributed by atoms with E-state index in [9.17, 15) is 13.2 Å². The number of fused-ring (bicyclic) bond motifs is 2. The molecule has 0 saturated carbocycles. The summed E-state index contributed by atoms with van der Waals surface area (Å²) in [5.41, 5.74) is 0.924. The highest BCUT2D eigenvalue weighted by Crippen LogP contribution is 2.35. The summed E-state index contributed by atoms with van der Waals surface area (Å²) in [5.74, 6) is 0.148. The van der Waals surface area contributed by atoms with Gasteiger partial charge in [0.05, 0.1) is 10.6 Å². The van der Waals surface area contributed by atoms with E-state index in [4.69, 9.17) is 6.57 Å². The maximum Gasteiger partial charge on any atom is 0.271 e. The first-order chi connectivity index (χ1) is 12.0. The van der Waals surface area contributed by atoms with Gasteiger partial charge in [-0.1, -0.05) is 12.6 Å². The van der Waals surface area contributed by atoms with Gasteiger partial charge in [0.15, 0.2) is 0 Å². The minimum absolute atomic E-state index is 0.0742. The van der Waals surface area contributed by atoms with Crippen LogP contribution in [-0.2, 0) is 16.4 Å². The molecule has 124 valence electrons. The summed E-state index contributed by atoms with van der Waals surface area (Å²) in [6.45, 7) is 7.36. The van der Waals surface area contributed by atoms with Gasteiger partial charge in [-0.25, -0.2) is 8.42 Å². The predicted octanol–water partition coefficient (Wildman–Crippen LogP) is 2.23. The van der Waals surface area contributed by atoms with Gasteiger partial charge in [-0.2, -0.15) is 0 Å². The van der Waals surface area contributed by atoms with Crippen LogP contribution in [0.15, 0.2) is 52.4 Å². The maximum absolute atomic E-state index is 13.2. The number of aromatic amines is 1. The molecular weight excluding hydrogens is 340 g/mol. The van der Waals surface area contributed by atoms with Crippen molar-refractivity contribution >= 4 is 32.3 Å². The van der Waals surface area contributed by atoms with Crippen molar-refractivity contribution in [3.63, 3.8) is 0 Å². The zero-order valence-corrected chi connectivity index (χ0v) is 13.7. The molecule has 3 heterocycles. The lowest BCUT2D eigenvalue weighted by molar-refractivity contribution is 0.593. The van der Waals surface area contributed by atoms with Crippen LogP contribution in [0.5, 0.6) is 0 Å². The smallest absolute Gasteiger partial charge is 0.271 e. The number of hydrogen-bond donors (Lipinski definition) is 1. The quantitative estimate of drug-likeness (QED) is 0.717.